The minimum Gasteiger partial charge on any atom is -0.325 e. The number of benzene rings is 2. The number of amides is 2. The highest BCUT2D eigenvalue weighted by molar-refractivity contribution is 8.01. The molecule has 126 valence electrons. The van der Waals surface area contributed by atoms with Gasteiger partial charge in [-0.2, -0.15) is 0 Å². The van der Waals surface area contributed by atoms with Crippen molar-refractivity contribution in [2.45, 2.75) is 19.1 Å². The molecule has 0 aliphatic heterocycles. The van der Waals surface area contributed by atoms with E-state index < -0.39 is 0 Å². The summed E-state index contributed by atoms with van der Waals surface area (Å²) >= 11 is 7.33. The lowest BCUT2D eigenvalue weighted by atomic mass is 10.2. The summed E-state index contributed by atoms with van der Waals surface area (Å²) in [5.74, 6) is -0.0828. The third-order valence-corrected chi connectivity index (χ3v) is 4.97. The van der Waals surface area contributed by atoms with Crippen molar-refractivity contribution in [3.63, 3.8) is 0 Å². The van der Waals surface area contributed by atoms with Gasteiger partial charge in [0, 0.05) is 16.4 Å². The standard InChI is InChI=1S/C18H19ClN2O2S/c1-12-15(19)9-6-10-16(12)21-18(23)13(2)24-11-17(22)20-14-7-4-3-5-8-14/h3-10,13H,11H2,1-2H3,(H,20,22)(H,21,23)/t13-/m0/s1. The average molecular weight is 363 g/mol. The van der Waals surface area contributed by atoms with E-state index in [9.17, 15) is 9.59 Å². The zero-order chi connectivity index (χ0) is 17.5. The lowest BCUT2D eigenvalue weighted by Gasteiger charge is -2.14. The molecule has 2 amide bonds. The van der Waals surface area contributed by atoms with E-state index >= 15 is 0 Å². The molecule has 0 unspecified atom stereocenters. The number of anilines is 2. The Hall–Kier alpha value is -1.98. The number of hydrogen-bond acceptors (Lipinski definition) is 3. The summed E-state index contributed by atoms with van der Waals surface area (Å²) in [5, 5.41) is 5.89. The fraction of sp³-hybridized carbons (Fsp3) is 0.222. The molecule has 4 nitrogen and oxygen atoms in total. The van der Waals surface area contributed by atoms with Crippen molar-refractivity contribution in [3.8, 4) is 0 Å². The van der Waals surface area contributed by atoms with Gasteiger partial charge in [0.25, 0.3) is 0 Å². The third-order valence-electron chi connectivity index (χ3n) is 3.42. The van der Waals surface area contributed by atoms with Crippen LogP contribution in [-0.2, 0) is 9.59 Å². The van der Waals surface area contributed by atoms with Crippen molar-refractivity contribution < 1.29 is 9.59 Å². The molecular weight excluding hydrogens is 344 g/mol. The molecule has 0 aliphatic rings. The van der Waals surface area contributed by atoms with Crippen molar-refractivity contribution in [1.82, 2.24) is 0 Å². The third kappa shape index (κ3) is 5.28. The Morgan fingerprint density at radius 3 is 2.50 bits per heavy atom. The zero-order valence-corrected chi connectivity index (χ0v) is 15.1. The summed E-state index contributed by atoms with van der Waals surface area (Å²) in [6.07, 6.45) is 0. The highest BCUT2D eigenvalue weighted by Gasteiger charge is 2.16. The van der Waals surface area contributed by atoms with Gasteiger partial charge in [0.2, 0.25) is 11.8 Å². The molecule has 0 aromatic heterocycles. The molecule has 0 saturated carbocycles. The quantitative estimate of drug-likeness (QED) is 0.803. The van der Waals surface area contributed by atoms with Crippen molar-refractivity contribution in [2.75, 3.05) is 16.4 Å². The second-order valence-corrected chi connectivity index (χ2v) is 7.01. The summed E-state index contributed by atoms with van der Waals surface area (Å²) in [5.41, 5.74) is 2.26. The van der Waals surface area contributed by atoms with Crippen molar-refractivity contribution in [3.05, 3.63) is 59.1 Å². The number of para-hydroxylation sites is 1. The van der Waals surface area contributed by atoms with Gasteiger partial charge >= 0.3 is 0 Å². The molecule has 0 aliphatic carbocycles. The van der Waals surface area contributed by atoms with Crippen LogP contribution in [0.1, 0.15) is 12.5 Å². The van der Waals surface area contributed by atoms with Gasteiger partial charge in [0.1, 0.15) is 0 Å². The maximum absolute atomic E-state index is 12.2. The molecule has 2 N–H and O–H groups in total. The SMILES string of the molecule is Cc1c(Cl)cccc1NC(=O)[C@H](C)SCC(=O)Nc1ccccc1. The van der Waals surface area contributed by atoms with Crippen LogP contribution < -0.4 is 10.6 Å². The van der Waals surface area contributed by atoms with Crippen LogP contribution in [0.25, 0.3) is 0 Å². The predicted molar refractivity (Wildman–Crippen MR) is 102 cm³/mol. The normalized spacial score (nSPS) is 11.6. The molecule has 0 saturated heterocycles. The highest BCUT2D eigenvalue weighted by atomic mass is 35.5. The average Bonchev–Trinajstić information content (AvgIpc) is 2.57. The number of thioether (sulfide) groups is 1. The Balaban J connectivity index is 1.83. The Kier molecular flexibility index (Phi) is 6.70. The Morgan fingerprint density at radius 2 is 1.79 bits per heavy atom. The van der Waals surface area contributed by atoms with Gasteiger partial charge in [-0.3, -0.25) is 9.59 Å². The highest BCUT2D eigenvalue weighted by Crippen LogP contribution is 2.24. The second kappa shape index (κ2) is 8.76. The van der Waals surface area contributed by atoms with Gasteiger partial charge in [-0.25, -0.2) is 0 Å². The molecule has 24 heavy (non-hydrogen) atoms. The van der Waals surface area contributed by atoms with E-state index in [0.717, 1.165) is 11.3 Å². The fourth-order valence-electron chi connectivity index (χ4n) is 1.97. The minimum atomic E-state index is -0.357. The number of carbonyl (C=O) groups excluding carboxylic acids is 2. The maximum atomic E-state index is 12.2. The molecule has 0 radical (unpaired) electrons. The largest absolute Gasteiger partial charge is 0.325 e. The van der Waals surface area contributed by atoms with E-state index in [2.05, 4.69) is 10.6 Å². The molecule has 2 aromatic carbocycles. The monoisotopic (exact) mass is 362 g/mol. The van der Waals surface area contributed by atoms with Crippen LogP contribution in [0.2, 0.25) is 5.02 Å². The van der Waals surface area contributed by atoms with E-state index in [4.69, 9.17) is 11.6 Å². The fourth-order valence-corrected chi connectivity index (χ4v) is 2.83. The number of nitrogens with one attached hydrogen (secondary N) is 2. The van der Waals surface area contributed by atoms with Crippen LogP contribution in [0.5, 0.6) is 0 Å². The van der Waals surface area contributed by atoms with Gasteiger partial charge < -0.3 is 10.6 Å². The van der Waals surface area contributed by atoms with Gasteiger partial charge in [-0.1, -0.05) is 35.9 Å². The topological polar surface area (TPSA) is 58.2 Å². The number of halogens is 1. The van der Waals surface area contributed by atoms with Crippen LogP contribution in [0, 0.1) is 6.92 Å². The molecule has 0 heterocycles. The second-order valence-electron chi connectivity index (χ2n) is 5.27. The lowest BCUT2D eigenvalue weighted by molar-refractivity contribution is -0.115. The van der Waals surface area contributed by atoms with Crippen molar-refractivity contribution in [1.29, 1.82) is 0 Å². The molecule has 1 atom stereocenters. The summed E-state index contributed by atoms with van der Waals surface area (Å²) in [6.45, 7) is 3.62. The predicted octanol–water partition coefficient (Wildman–Crippen LogP) is 4.35. The van der Waals surface area contributed by atoms with Crippen LogP contribution in [0.3, 0.4) is 0 Å². The molecular formula is C18H19ClN2O2S. The minimum absolute atomic E-state index is 0.134. The van der Waals surface area contributed by atoms with Gasteiger partial charge in [0.15, 0.2) is 0 Å². The van der Waals surface area contributed by atoms with Gasteiger partial charge in [-0.05, 0) is 43.7 Å². The molecule has 6 heteroatoms. The lowest BCUT2D eigenvalue weighted by Crippen LogP contribution is -2.25. The molecule has 2 rings (SSSR count). The molecule has 2 aromatic rings. The van der Waals surface area contributed by atoms with Gasteiger partial charge in [-0.15, -0.1) is 11.8 Å². The first kappa shape index (κ1) is 18.4. The number of carbonyl (C=O) groups is 2. The van der Waals surface area contributed by atoms with Crippen LogP contribution in [0.4, 0.5) is 11.4 Å². The molecule has 0 fully saturated rings. The Morgan fingerprint density at radius 1 is 1.08 bits per heavy atom. The van der Waals surface area contributed by atoms with Crippen LogP contribution in [0.15, 0.2) is 48.5 Å². The van der Waals surface area contributed by atoms with Crippen molar-refractivity contribution in [2.24, 2.45) is 0 Å². The summed E-state index contributed by atoms with van der Waals surface area (Å²) < 4.78 is 0. The summed E-state index contributed by atoms with van der Waals surface area (Å²) in [4.78, 5) is 24.2. The maximum Gasteiger partial charge on any atom is 0.237 e. The Bertz CT molecular complexity index is 722. The zero-order valence-electron chi connectivity index (χ0n) is 13.5. The van der Waals surface area contributed by atoms with Gasteiger partial charge in [0.05, 0.1) is 11.0 Å². The summed E-state index contributed by atoms with van der Waals surface area (Å²) in [7, 11) is 0. The van der Waals surface area contributed by atoms with E-state index in [1.807, 2.05) is 37.3 Å². The van der Waals surface area contributed by atoms with Crippen molar-refractivity contribution >= 4 is 46.6 Å². The van der Waals surface area contributed by atoms with E-state index in [1.165, 1.54) is 11.8 Å². The molecule has 0 spiro atoms. The Labute approximate surface area is 151 Å². The first-order chi connectivity index (χ1) is 11.5. The molecule has 0 bridgehead atoms. The number of rotatable bonds is 6. The van der Waals surface area contributed by atoms with E-state index in [1.54, 1.807) is 25.1 Å². The van der Waals surface area contributed by atoms with E-state index in [0.29, 0.717) is 10.7 Å². The summed E-state index contributed by atoms with van der Waals surface area (Å²) in [6, 6.07) is 14.6. The first-order valence-corrected chi connectivity index (χ1v) is 8.92. The smallest absolute Gasteiger partial charge is 0.237 e. The van der Waals surface area contributed by atoms with E-state index in [-0.39, 0.29) is 22.8 Å². The van der Waals surface area contributed by atoms with Crippen LogP contribution in [-0.4, -0.2) is 22.8 Å². The first-order valence-electron chi connectivity index (χ1n) is 7.50. The van der Waals surface area contributed by atoms with Crippen LogP contribution >= 0.6 is 23.4 Å². The number of hydrogen-bond donors (Lipinski definition) is 2.